The molecule has 0 saturated heterocycles. The maximum Gasteiger partial charge on any atom is 0.264 e. The standard InChI is InChI=1S/C30H29N3O3S/c1-19-8-6-9-20(2)29(19)27-18-28-32-30(31-27)33-37(34,35)24-13-7-12-22(16-24)26-17-23(36-28)14-15-25(26)21-10-4-3-5-11-21/h3-13,16,18,23,25-26H,14-15,17H2,1-2H3,(H,31,32,33). The van der Waals surface area contributed by atoms with Crippen molar-refractivity contribution in [2.45, 2.75) is 55.9 Å². The molecular weight excluding hydrogens is 482 g/mol. The Hall–Kier alpha value is -3.71. The lowest BCUT2D eigenvalue weighted by Crippen LogP contribution is -2.30. The van der Waals surface area contributed by atoms with Gasteiger partial charge in [-0.25, -0.2) is 18.1 Å². The smallest absolute Gasteiger partial charge is 0.264 e. The van der Waals surface area contributed by atoms with Crippen LogP contribution in [-0.2, 0) is 10.0 Å². The zero-order valence-electron chi connectivity index (χ0n) is 20.9. The molecule has 0 spiro atoms. The van der Waals surface area contributed by atoms with Gasteiger partial charge in [-0.1, -0.05) is 60.7 Å². The van der Waals surface area contributed by atoms with Crippen molar-refractivity contribution in [3.05, 3.63) is 101 Å². The van der Waals surface area contributed by atoms with Crippen molar-refractivity contribution in [3.63, 3.8) is 0 Å². The molecule has 7 heteroatoms. The number of nitrogens with zero attached hydrogens (tertiary/aromatic N) is 2. The van der Waals surface area contributed by atoms with Gasteiger partial charge in [0.1, 0.15) is 6.10 Å². The number of nitrogens with one attached hydrogen (secondary N) is 1. The van der Waals surface area contributed by atoms with E-state index >= 15 is 0 Å². The van der Waals surface area contributed by atoms with Crippen LogP contribution in [-0.4, -0.2) is 24.5 Å². The lowest BCUT2D eigenvalue weighted by atomic mass is 9.71. The predicted molar refractivity (Wildman–Crippen MR) is 144 cm³/mol. The van der Waals surface area contributed by atoms with Gasteiger partial charge in [0.2, 0.25) is 11.8 Å². The van der Waals surface area contributed by atoms with Gasteiger partial charge in [-0.05, 0) is 79.3 Å². The Morgan fingerprint density at radius 3 is 2.32 bits per heavy atom. The number of aryl methyl sites for hydroxylation is 2. The molecular formula is C30H29N3O3S. The molecule has 1 fully saturated rings. The molecule has 1 aliphatic carbocycles. The Balaban J connectivity index is 1.49. The monoisotopic (exact) mass is 511 g/mol. The number of ether oxygens (including phenoxy) is 1. The van der Waals surface area contributed by atoms with E-state index in [2.05, 4.69) is 39.0 Å². The molecule has 1 aromatic heterocycles. The van der Waals surface area contributed by atoms with Gasteiger partial charge in [0, 0.05) is 11.6 Å². The quantitative estimate of drug-likeness (QED) is 0.338. The van der Waals surface area contributed by atoms with Crippen LogP contribution < -0.4 is 9.46 Å². The van der Waals surface area contributed by atoms with Gasteiger partial charge in [0.25, 0.3) is 10.0 Å². The van der Waals surface area contributed by atoms with Crippen molar-refractivity contribution < 1.29 is 13.2 Å². The fraction of sp³-hybridized carbons (Fsp3) is 0.267. The highest BCUT2D eigenvalue weighted by Gasteiger charge is 2.35. The third kappa shape index (κ3) is 4.60. The summed E-state index contributed by atoms with van der Waals surface area (Å²) in [5, 5.41) is 0. The SMILES string of the molecule is Cc1cccc(C)c1-c1cc2nc(n1)NS(=O)(=O)c1cccc(c1)C1CC(CCC1c1ccccc1)O2. The van der Waals surface area contributed by atoms with Gasteiger partial charge in [0.05, 0.1) is 10.6 Å². The maximum atomic E-state index is 13.5. The molecule has 0 amide bonds. The normalized spacial score (nSPS) is 22.1. The van der Waals surface area contributed by atoms with E-state index in [0.717, 1.165) is 41.5 Å². The first-order valence-corrected chi connectivity index (χ1v) is 14.2. The lowest BCUT2D eigenvalue weighted by molar-refractivity contribution is 0.128. The molecule has 3 atom stereocenters. The maximum absolute atomic E-state index is 13.5. The van der Waals surface area contributed by atoms with Crippen LogP contribution >= 0.6 is 0 Å². The van der Waals surface area contributed by atoms with E-state index in [1.165, 1.54) is 5.56 Å². The van der Waals surface area contributed by atoms with Gasteiger partial charge in [-0.3, -0.25) is 0 Å². The summed E-state index contributed by atoms with van der Waals surface area (Å²) in [6, 6.07) is 25.6. The Morgan fingerprint density at radius 1 is 0.811 bits per heavy atom. The predicted octanol–water partition coefficient (Wildman–Crippen LogP) is 6.37. The lowest BCUT2D eigenvalue weighted by Gasteiger charge is -2.37. The van der Waals surface area contributed by atoms with Crippen molar-refractivity contribution in [2.75, 3.05) is 4.72 Å². The van der Waals surface area contributed by atoms with E-state index in [9.17, 15) is 8.42 Å². The van der Waals surface area contributed by atoms with E-state index in [1.54, 1.807) is 12.1 Å². The van der Waals surface area contributed by atoms with E-state index in [-0.39, 0.29) is 28.8 Å². The van der Waals surface area contributed by atoms with E-state index < -0.39 is 10.0 Å². The molecule has 3 aromatic carbocycles. The molecule has 1 N–H and O–H groups in total. The third-order valence-electron chi connectivity index (χ3n) is 7.58. The average Bonchev–Trinajstić information content (AvgIpc) is 2.88. The molecule has 3 unspecified atom stereocenters. The fourth-order valence-corrected chi connectivity index (χ4v) is 6.84. The van der Waals surface area contributed by atoms with Crippen LogP contribution in [0.3, 0.4) is 0 Å². The van der Waals surface area contributed by atoms with Gasteiger partial charge < -0.3 is 4.74 Å². The second-order valence-corrected chi connectivity index (χ2v) is 11.7. The van der Waals surface area contributed by atoms with E-state index in [0.29, 0.717) is 11.6 Å². The first-order valence-electron chi connectivity index (χ1n) is 12.7. The van der Waals surface area contributed by atoms with Crippen LogP contribution in [0.25, 0.3) is 11.3 Å². The minimum atomic E-state index is -3.91. The van der Waals surface area contributed by atoms with Crippen molar-refractivity contribution in [1.29, 1.82) is 0 Å². The molecule has 1 saturated carbocycles. The second-order valence-electron chi connectivity index (χ2n) is 10.0. The van der Waals surface area contributed by atoms with Gasteiger partial charge in [-0.15, -0.1) is 0 Å². The average molecular weight is 512 g/mol. The van der Waals surface area contributed by atoms with Crippen LogP contribution in [0.1, 0.15) is 53.4 Å². The number of anilines is 1. The molecule has 4 aromatic rings. The highest BCUT2D eigenvalue weighted by Crippen LogP contribution is 2.45. The van der Waals surface area contributed by atoms with Crippen molar-refractivity contribution >= 4 is 16.0 Å². The number of aromatic nitrogens is 2. The molecule has 2 heterocycles. The summed E-state index contributed by atoms with van der Waals surface area (Å²) in [5.41, 5.74) is 5.97. The van der Waals surface area contributed by atoms with Crippen LogP contribution in [0.5, 0.6) is 5.88 Å². The zero-order chi connectivity index (χ0) is 25.6. The zero-order valence-corrected chi connectivity index (χ0v) is 21.7. The van der Waals surface area contributed by atoms with Gasteiger partial charge in [-0.2, -0.15) is 4.98 Å². The van der Waals surface area contributed by atoms with Crippen LogP contribution in [0.4, 0.5) is 5.95 Å². The topological polar surface area (TPSA) is 81.2 Å². The summed E-state index contributed by atoms with van der Waals surface area (Å²) >= 11 is 0. The van der Waals surface area contributed by atoms with Crippen molar-refractivity contribution in [2.24, 2.45) is 0 Å². The number of rotatable bonds is 2. The first kappa shape index (κ1) is 23.7. The first-order chi connectivity index (χ1) is 17.9. The highest BCUT2D eigenvalue weighted by atomic mass is 32.2. The Bertz CT molecular complexity index is 1550. The number of benzene rings is 3. The summed E-state index contributed by atoms with van der Waals surface area (Å²) in [4.78, 5) is 9.31. The van der Waals surface area contributed by atoms with Crippen LogP contribution in [0.2, 0.25) is 0 Å². The Labute approximate surface area is 217 Å². The van der Waals surface area contributed by atoms with Crippen LogP contribution in [0, 0.1) is 13.8 Å². The summed E-state index contributed by atoms with van der Waals surface area (Å²) in [6.45, 7) is 4.04. The molecule has 0 radical (unpaired) electrons. The van der Waals surface area contributed by atoms with Crippen LogP contribution in [0.15, 0.2) is 83.8 Å². The molecule has 2 aliphatic rings. The molecule has 6 bridgehead atoms. The molecule has 1 aliphatic heterocycles. The number of hydrogen-bond donors (Lipinski definition) is 1. The summed E-state index contributed by atoms with van der Waals surface area (Å²) in [5.74, 6) is 0.795. The largest absolute Gasteiger partial charge is 0.474 e. The summed E-state index contributed by atoms with van der Waals surface area (Å²) in [7, 11) is -3.91. The fourth-order valence-electron chi connectivity index (χ4n) is 5.85. The number of sulfonamides is 1. The molecule has 6 nitrogen and oxygen atoms in total. The van der Waals surface area contributed by atoms with Gasteiger partial charge in [0.15, 0.2) is 0 Å². The molecule has 6 rings (SSSR count). The van der Waals surface area contributed by atoms with Gasteiger partial charge >= 0.3 is 0 Å². The van der Waals surface area contributed by atoms with E-state index in [1.807, 2.05) is 56.3 Å². The summed E-state index contributed by atoms with van der Waals surface area (Å²) < 4.78 is 36.0. The minimum Gasteiger partial charge on any atom is -0.474 e. The summed E-state index contributed by atoms with van der Waals surface area (Å²) in [6.07, 6.45) is 2.56. The Kier molecular flexibility index (Phi) is 5.95. The van der Waals surface area contributed by atoms with E-state index in [4.69, 9.17) is 4.74 Å². The third-order valence-corrected chi connectivity index (χ3v) is 8.91. The second kappa shape index (κ2) is 9.30. The number of hydrogen-bond acceptors (Lipinski definition) is 5. The molecule has 188 valence electrons. The van der Waals surface area contributed by atoms with Crippen molar-refractivity contribution in [1.82, 2.24) is 9.97 Å². The van der Waals surface area contributed by atoms with Crippen molar-refractivity contribution in [3.8, 4) is 17.1 Å². The Morgan fingerprint density at radius 2 is 1.54 bits per heavy atom. The highest BCUT2D eigenvalue weighted by molar-refractivity contribution is 7.92. The number of fused-ring (bicyclic) bond motifs is 7. The molecule has 37 heavy (non-hydrogen) atoms. The minimum absolute atomic E-state index is 0.00986.